The Hall–Kier alpha value is -1.73. The summed E-state index contributed by atoms with van der Waals surface area (Å²) in [7, 11) is 0. The molecular weight excluding hydrogens is 250 g/mol. The molecule has 1 aliphatic heterocycles. The highest BCUT2D eigenvalue weighted by Gasteiger charge is 2.23. The van der Waals surface area contributed by atoms with E-state index in [2.05, 4.69) is 15.6 Å². The predicted molar refractivity (Wildman–Crippen MR) is 70.9 cm³/mol. The van der Waals surface area contributed by atoms with Crippen LogP contribution in [0.3, 0.4) is 0 Å². The molecule has 1 amide bonds. The van der Waals surface area contributed by atoms with Gasteiger partial charge in [0.15, 0.2) is 0 Å². The van der Waals surface area contributed by atoms with E-state index in [1.165, 1.54) is 11.8 Å². The fourth-order valence-electron chi connectivity index (χ4n) is 1.54. The number of nitrogens with one attached hydrogen (secondary N) is 2. The first kappa shape index (κ1) is 12.7. The number of carbonyl (C=O) groups is 1. The second-order valence-corrected chi connectivity index (χ2v) is 4.86. The van der Waals surface area contributed by atoms with Gasteiger partial charge in [-0.25, -0.2) is 0 Å². The number of amides is 1. The molecule has 0 radical (unpaired) electrons. The number of carbonyl (C=O) groups excluding carboxylic acids is 1. The third kappa shape index (κ3) is 2.93. The molecule has 0 spiro atoms. The van der Waals surface area contributed by atoms with E-state index in [0.717, 1.165) is 11.3 Å². The molecule has 7 heteroatoms. The van der Waals surface area contributed by atoms with Crippen LogP contribution in [0, 0.1) is 0 Å². The SMILES string of the molecule is NCC1=C(N)NC(SCc2cccnc2)NC1=O. The maximum absolute atomic E-state index is 11.7. The summed E-state index contributed by atoms with van der Waals surface area (Å²) in [4.78, 5) is 15.7. The third-order valence-electron chi connectivity index (χ3n) is 2.49. The lowest BCUT2D eigenvalue weighted by Gasteiger charge is -2.27. The molecule has 6 N–H and O–H groups in total. The van der Waals surface area contributed by atoms with Crippen molar-refractivity contribution in [3.8, 4) is 0 Å². The molecule has 1 aromatic rings. The Morgan fingerprint density at radius 2 is 2.28 bits per heavy atom. The van der Waals surface area contributed by atoms with E-state index < -0.39 is 0 Å². The van der Waals surface area contributed by atoms with Gasteiger partial charge in [-0.3, -0.25) is 9.78 Å². The van der Waals surface area contributed by atoms with Gasteiger partial charge in [0.05, 0.1) is 5.57 Å². The van der Waals surface area contributed by atoms with Crippen molar-refractivity contribution in [3.63, 3.8) is 0 Å². The summed E-state index contributed by atoms with van der Waals surface area (Å²) in [6, 6.07) is 3.86. The number of hydrogen-bond donors (Lipinski definition) is 4. The fourth-order valence-corrected chi connectivity index (χ4v) is 2.47. The van der Waals surface area contributed by atoms with Crippen LogP contribution in [-0.2, 0) is 10.5 Å². The van der Waals surface area contributed by atoms with Gasteiger partial charge in [0.25, 0.3) is 5.91 Å². The zero-order valence-corrected chi connectivity index (χ0v) is 10.5. The van der Waals surface area contributed by atoms with Crippen molar-refractivity contribution in [2.75, 3.05) is 6.54 Å². The first-order valence-electron chi connectivity index (χ1n) is 5.47. The standard InChI is InChI=1S/C11H15N5OS/c12-4-8-9(13)15-11(16-10(8)17)18-6-7-2-1-3-14-5-7/h1-3,5,11,15H,4,6,12-13H2,(H,16,17). The monoisotopic (exact) mass is 265 g/mol. The van der Waals surface area contributed by atoms with Crippen LogP contribution in [0.4, 0.5) is 0 Å². The summed E-state index contributed by atoms with van der Waals surface area (Å²) < 4.78 is 0. The zero-order chi connectivity index (χ0) is 13.0. The molecule has 0 saturated carbocycles. The molecule has 0 saturated heterocycles. The van der Waals surface area contributed by atoms with Crippen molar-refractivity contribution in [2.24, 2.45) is 11.5 Å². The van der Waals surface area contributed by atoms with Gasteiger partial charge in [-0.2, -0.15) is 0 Å². The number of rotatable bonds is 4. The van der Waals surface area contributed by atoms with Gasteiger partial charge < -0.3 is 22.1 Å². The van der Waals surface area contributed by atoms with Crippen LogP contribution in [0.15, 0.2) is 35.9 Å². The average molecular weight is 265 g/mol. The summed E-state index contributed by atoms with van der Waals surface area (Å²) >= 11 is 1.53. The quantitative estimate of drug-likeness (QED) is 0.582. The summed E-state index contributed by atoms with van der Waals surface area (Å²) in [5, 5.41) is 5.80. The number of hydrogen-bond acceptors (Lipinski definition) is 6. The van der Waals surface area contributed by atoms with E-state index in [1.54, 1.807) is 12.4 Å². The Morgan fingerprint density at radius 1 is 1.44 bits per heavy atom. The van der Waals surface area contributed by atoms with Gasteiger partial charge >= 0.3 is 0 Å². The molecule has 1 aromatic heterocycles. The molecule has 0 aromatic carbocycles. The van der Waals surface area contributed by atoms with Crippen LogP contribution in [-0.4, -0.2) is 22.9 Å². The molecule has 0 aliphatic carbocycles. The van der Waals surface area contributed by atoms with Crippen LogP contribution in [0.5, 0.6) is 0 Å². The summed E-state index contributed by atoms with van der Waals surface area (Å²) in [6.07, 6.45) is 3.52. The first-order chi connectivity index (χ1) is 8.70. The smallest absolute Gasteiger partial charge is 0.254 e. The zero-order valence-electron chi connectivity index (χ0n) is 9.72. The summed E-state index contributed by atoms with van der Waals surface area (Å²) in [5.74, 6) is 0.874. The Kier molecular flexibility index (Phi) is 4.06. The van der Waals surface area contributed by atoms with Crippen LogP contribution >= 0.6 is 11.8 Å². The number of thioether (sulfide) groups is 1. The Labute approximate surface area is 109 Å². The largest absolute Gasteiger partial charge is 0.385 e. The highest BCUT2D eigenvalue weighted by atomic mass is 32.2. The maximum Gasteiger partial charge on any atom is 0.254 e. The Bertz CT molecular complexity index is 462. The van der Waals surface area contributed by atoms with Crippen molar-refractivity contribution >= 4 is 17.7 Å². The number of nitrogens with zero attached hydrogens (tertiary/aromatic N) is 1. The minimum absolute atomic E-state index is 0.130. The van der Waals surface area contributed by atoms with E-state index in [0.29, 0.717) is 11.4 Å². The van der Waals surface area contributed by atoms with E-state index >= 15 is 0 Å². The van der Waals surface area contributed by atoms with Crippen molar-refractivity contribution in [2.45, 2.75) is 11.3 Å². The Balaban J connectivity index is 1.93. The average Bonchev–Trinajstić information content (AvgIpc) is 2.37. The van der Waals surface area contributed by atoms with E-state index in [-0.39, 0.29) is 17.9 Å². The molecule has 6 nitrogen and oxygen atoms in total. The van der Waals surface area contributed by atoms with Crippen molar-refractivity contribution in [1.82, 2.24) is 15.6 Å². The molecule has 96 valence electrons. The first-order valence-corrected chi connectivity index (χ1v) is 6.52. The minimum Gasteiger partial charge on any atom is -0.385 e. The topological polar surface area (TPSA) is 106 Å². The highest BCUT2D eigenvalue weighted by Crippen LogP contribution is 2.17. The molecule has 2 heterocycles. The van der Waals surface area contributed by atoms with Crippen LogP contribution in [0.1, 0.15) is 5.56 Å². The predicted octanol–water partition coefficient (Wildman–Crippen LogP) is -0.553. The fraction of sp³-hybridized carbons (Fsp3) is 0.273. The summed E-state index contributed by atoms with van der Waals surface area (Å²) in [6.45, 7) is 0.130. The molecule has 18 heavy (non-hydrogen) atoms. The molecule has 0 fully saturated rings. The van der Waals surface area contributed by atoms with E-state index in [1.807, 2.05) is 12.1 Å². The molecule has 1 atom stereocenters. The van der Waals surface area contributed by atoms with Crippen LogP contribution < -0.4 is 22.1 Å². The second kappa shape index (κ2) is 5.74. The molecular formula is C11H15N5OS. The lowest BCUT2D eigenvalue weighted by atomic mass is 10.2. The molecule has 1 unspecified atom stereocenters. The second-order valence-electron chi connectivity index (χ2n) is 3.77. The van der Waals surface area contributed by atoms with E-state index in [4.69, 9.17) is 11.5 Å². The third-order valence-corrected chi connectivity index (χ3v) is 3.56. The Morgan fingerprint density at radius 3 is 2.89 bits per heavy atom. The molecule has 1 aliphatic rings. The number of aromatic nitrogens is 1. The van der Waals surface area contributed by atoms with Crippen molar-refractivity contribution in [1.29, 1.82) is 0 Å². The van der Waals surface area contributed by atoms with Crippen molar-refractivity contribution in [3.05, 3.63) is 41.5 Å². The normalized spacial score (nSPS) is 19.4. The number of nitrogens with two attached hydrogens (primary N) is 2. The van der Waals surface area contributed by atoms with Gasteiger partial charge in [0.1, 0.15) is 11.3 Å². The van der Waals surface area contributed by atoms with Gasteiger partial charge in [-0.05, 0) is 11.6 Å². The molecule has 2 rings (SSSR count). The van der Waals surface area contributed by atoms with Gasteiger partial charge in [0, 0.05) is 24.7 Å². The minimum atomic E-state index is -0.243. The van der Waals surface area contributed by atoms with E-state index in [9.17, 15) is 4.79 Å². The van der Waals surface area contributed by atoms with Gasteiger partial charge in [0.2, 0.25) is 0 Å². The number of pyridine rings is 1. The van der Waals surface area contributed by atoms with Gasteiger partial charge in [-0.1, -0.05) is 6.07 Å². The van der Waals surface area contributed by atoms with Gasteiger partial charge in [-0.15, -0.1) is 11.8 Å². The van der Waals surface area contributed by atoms with Crippen LogP contribution in [0.2, 0.25) is 0 Å². The lowest BCUT2D eigenvalue weighted by Crippen LogP contribution is -2.51. The summed E-state index contributed by atoms with van der Waals surface area (Å²) in [5.41, 5.74) is 12.4. The lowest BCUT2D eigenvalue weighted by molar-refractivity contribution is -0.118. The highest BCUT2D eigenvalue weighted by molar-refractivity contribution is 7.99. The van der Waals surface area contributed by atoms with Crippen LogP contribution in [0.25, 0.3) is 0 Å². The van der Waals surface area contributed by atoms with Crippen molar-refractivity contribution < 1.29 is 4.79 Å². The maximum atomic E-state index is 11.7. The molecule has 0 bridgehead atoms.